The van der Waals surface area contributed by atoms with Gasteiger partial charge in [0.15, 0.2) is 0 Å². The van der Waals surface area contributed by atoms with E-state index in [0.717, 1.165) is 5.52 Å². The van der Waals surface area contributed by atoms with Gasteiger partial charge in [-0.2, -0.15) is 0 Å². The third-order valence-electron chi connectivity index (χ3n) is 1.13. The van der Waals surface area contributed by atoms with Crippen molar-refractivity contribution in [3.05, 3.63) is 24.3 Å². The van der Waals surface area contributed by atoms with Gasteiger partial charge >= 0.3 is 17.6 Å². The molecule has 76 valence electrons. The first-order valence-electron chi connectivity index (χ1n) is 3.48. The molecule has 0 fully saturated rings. The second-order valence-corrected chi connectivity index (χ2v) is 4.10. The lowest BCUT2D eigenvalue weighted by Gasteiger charge is -1.94. The molecule has 0 saturated carbocycles. The van der Waals surface area contributed by atoms with E-state index < -0.39 is 7.25 Å². The molecule has 14 heavy (non-hydrogen) atoms. The van der Waals surface area contributed by atoms with Gasteiger partial charge in [-0.3, -0.25) is 0 Å². The van der Waals surface area contributed by atoms with Crippen molar-refractivity contribution < 1.29 is 17.3 Å². The Balaban J connectivity index is 0.000000171. The van der Waals surface area contributed by atoms with Gasteiger partial charge in [-0.05, 0) is 6.07 Å². The van der Waals surface area contributed by atoms with E-state index in [2.05, 4.69) is 10.4 Å². The van der Waals surface area contributed by atoms with Crippen molar-refractivity contribution >= 4 is 38.3 Å². The van der Waals surface area contributed by atoms with Gasteiger partial charge in [-0.25, -0.2) is 0 Å². The molecular formula is C6H4BF4NS2. The summed E-state index contributed by atoms with van der Waals surface area (Å²) in [6, 6.07) is 8.16. The topological polar surface area (TPSA) is 12.9 Å². The number of rotatable bonds is 0. The summed E-state index contributed by atoms with van der Waals surface area (Å²) in [5.41, 5.74) is 1.12. The van der Waals surface area contributed by atoms with Crippen molar-refractivity contribution in [1.29, 1.82) is 0 Å². The van der Waals surface area contributed by atoms with Crippen LogP contribution in [0.1, 0.15) is 0 Å². The van der Waals surface area contributed by atoms with Gasteiger partial charge < -0.3 is 17.3 Å². The first-order valence-corrected chi connectivity index (χ1v) is 5.58. The van der Waals surface area contributed by atoms with Crippen molar-refractivity contribution in [1.82, 2.24) is 4.37 Å². The van der Waals surface area contributed by atoms with Gasteiger partial charge in [0.05, 0.1) is 0 Å². The molecule has 0 bridgehead atoms. The Hall–Kier alpha value is -0.755. The van der Waals surface area contributed by atoms with Crippen molar-refractivity contribution in [2.75, 3.05) is 0 Å². The summed E-state index contributed by atoms with van der Waals surface area (Å²) < 4.78 is 44.5. The van der Waals surface area contributed by atoms with E-state index in [4.69, 9.17) is 0 Å². The average molecular weight is 241 g/mol. The molecule has 0 amide bonds. The molecule has 0 aliphatic rings. The molecule has 0 radical (unpaired) electrons. The molecule has 0 unspecified atom stereocenters. The van der Waals surface area contributed by atoms with Crippen molar-refractivity contribution in [3.63, 3.8) is 0 Å². The molecule has 1 nitrogen and oxygen atoms in total. The molecule has 0 N–H and O–H groups in total. The number of hydrogen-bond donors (Lipinski definition) is 0. The molecule has 0 spiro atoms. The van der Waals surface area contributed by atoms with Gasteiger partial charge in [-0.15, -0.1) is 4.37 Å². The average Bonchev–Trinajstić information content (AvgIpc) is 2.47. The first kappa shape index (κ1) is 11.3. The van der Waals surface area contributed by atoms with Crippen LogP contribution >= 0.6 is 20.9 Å². The maximum Gasteiger partial charge on any atom is 0.673 e. The van der Waals surface area contributed by atoms with E-state index in [1.165, 1.54) is 4.70 Å². The van der Waals surface area contributed by atoms with Crippen LogP contribution in [0.5, 0.6) is 0 Å². The van der Waals surface area contributed by atoms with Gasteiger partial charge in [-0.1, -0.05) is 12.1 Å². The molecule has 0 atom stereocenters. The largest absolute Gasteiger partial charge is 0.673 e. The van der Waals surface area contributed by atoms with E-state index in [-0.39, 0.29) is 0 Å². The molecule has 0 aliphatic heterocycles. The molecule has 0 saturated heterocycles. The lowest BCUT2D eigenvalue weighted by molar-refractivity contribution is 0.368. The molecule has 1 heterocycles. The number of fused-ring (bicyclic) bond motifs is 1. The third kappa shape index (κ3) is 4.47. The Bertz CT molecular complexity index is 366. The van der Waals surface area contributed by atoms with Gasteiger partial charge in [0, 0.05) is 6.07 Å². The van der Waals surface area contributed by atoms with E-state index in [0.29, 0.717) is 0 Å². The summed E-state index contributed by atoms with van der Waals surface area (Å²) in [4.78, 5) is 0. The maximum atomic E-state index is 9.75. The van der Waals surface area contributed by atoms with Crippen LogP contribution < -0.4 is 0 Å². The quantitative estimate of drug-likeness (QED) is 0.294. The summed E-state index contributed by atoms with van der Waals surface area (Å²) >= 11 is 0. The molecule has 1 aromatic heterocycles. The zero-order chi connectivity index (χ0) is 10.6. The van der Waals surface area contributed by atoms with Crippen molar-refractivity contribution in [2.24, 2.45) is 0 Å². The van der Waals surface area contributed by atoms with E-state index in [1.807, 2.05) is 18.2 Å². The smallest absolute Gasteiger partial charge is 0.418 e. The molecule has 2 rings (SSSR count). The highest BCUT2D eigenvalue weighted by Gasteiger charge is 2.20. The summed E-state index contributed by atoms with van der Waals surface area (Å²) in [5.74, 6) is 0. The van der Waals surface area contributed by atoms with Crippen molar-refractivity contribution in [2.45, 2.75) is 0 Å². The number of nitrogens with zero attached hydrogens (tertiary/aromatic N) is 1. The highest BCUT2D eigenvalue weighted by Crippen LogP contribution is 2.19. The van der Waals surface area contributed by atoms with Crippen LogP contribution in [0, 0.1) is 0 Å². The van der Waals surface area contributed by atoms with E-state index >= 15 is 0 Å². The van der Waals surface area contributed by atoms with Crippen LogP contribution in [0.2, 0.25) is 0 Å². The van der Waals surface area contributed by atoms with Gasteiger partial charge in [0.1, 0.15) is 5.52 Å². The predicted octanol–water partition coefficient (Wildman–Crippen LogP) is 3.94. The normalized spacial score (nSPS) is 10.9. The SMILES string of the molecule is F[B-](F)(F)F.c1ccc2[s+]snc2c1. The standard InChI is InChI=1S/C6H4NS2.BF4/c1-2-4-6-5(3-1)7-9-8-6;2-1(3,4)5/h1-4H;/q+1;-1. The van der Waals surface area contributed by atoms with Crippen molar-refractivity contribution in [3.8, 4) is 0 Å². The van der Waals surface area contributed by atoms with Crippen LogP contribution in [-0.2, 0) is 0 Å². The Labute approximate surface area is 84.7 Å². The number of hydrogen-bond acceptors (Lipinski definition) is 2. The Morgan fingerprint density at radius 2 is 1.71 bits per heavy atom. The fraction of sp³-hybridized carbons (Fsp3) is 0. The Morgan fingerprint density at radius 3 is 2.29 bits per heavy atom. The maximum absolute atomic E-state index is 9.75. The summed E-state index contributed by atoms with van der Waals surface area (Å²) in [6.45, 7) is 0. The highest BCUT2D eigenvalue weighted by molar-refractivity contribution is 7.69. The van der Waals surface area contributed by atoms with E-state index in [9.17, 15) is 17.3 Å². The minimum atomic E-state index is -6.00. The van der Waals surface area contributed by atoms with E-state index in [1.54, 1.807) is 20.9 Å². The third-order valence-corrected chi connectivity index (χ3v) is 2.98. The fourth-order valence-electron chi connectivity index (χ4n) is 0.702. The molecule has 2 aromatic rings. The second-order valence-electron chi connectivity index (χ2n) is 2.21. The minimum absolute atomic E-state index is 1.12. The Kier molecular flexibility index (Phi) is 3.76. The van der Waals surface area contributed by atoms with Gasteiger partial charge in [0.2, 0.25) is 0 Å². The summed E-state index contributed by atoms with van der Waals surface area (Å²) in [7, 11) is -2.74. The van der Waals surface area contributed by atoms with Crippen LogP contribution in [0.3, 0.4) is 0 Å². The predicted molar refractivity (Wildman–Crippen MR) is 52.1 cm³/mol. The highest BCUT2D eigenvalue weighted by atomic mass is 32.9. The lowest BCUT2D eigenvalue weighted by atomic mass is 10.3. The second kappa shape index (κ2) is 4.65. The van der Waals surface area contributed by atoms with Gasteiger partial charge in [0.25, 0.3) is 15.2 Å². The lowest BCUT2D eigenvalue weighted by Crippen LogP contribution is -2.02. The molecule has 8 heteroatoms. The monoisotopic (exact) mass is 241 g/mol. The molecule has 0 aliphatic carbocycles. The fourth-order valence-corrected chi connectivity index (χ4v) is 2.47. The number of benzene rings is 1. The molecular weight excluding hydrogens is 237 g/mol. The summed E-state index contributed by atoms with van der Waals surface area (Å²) in [5, 5.41) is 0. The van der Waals surface area contributed by atoms with Crippen LogP contribution in [0.25, 0.3) is 10.2 Å². The Morgan fingerprint density at radius 1 is 1.14 bits per heavy atom. The zero-order valence-electron chi connectivity index (χ0n) is 6.66. The first-order chi connectivity index (χ1) is 6.47. The molecule has 1 aromatic carbocycles. The zero-order valence-corrected chi connectivity index (χ0v) is 8.30. The number of aromatic nitrogens is 1. The van der Waals surface area contributed by atoms with Crippen LogP contribution in [0.4, 0.5) is 17.3 Å². The number of halogens is 4. The van der Waals surface area contributed by atoms with Crippen LogP contribution in [0.15, 0.2) is 24.3 Å². The summed E-state index contributed by atoms with van der Waals surface area (Å²) in [6.07, 6.45) is 0. The van der Waals surface area contributed by atoms with Crippen LogP contribution in [-0.4, -0.2) is 11.6 Å². The minimum Gasteiger partial charge on any atom is -0.418 e.